The van der Waals surface area contributed by atoms with Gasteiger partial charge in [0, 0.05) is 25.5 Å². The largest absolute Gasteiger partial charge is 0.477 e. The molecule has 0 radical (unpaired) electrons. The Hall–Kier alpha value is -2.36. The van der Waals surface area contributed by atoms with Crippen molar-refractivity contribution >= 4 is 11.7 Å². The normalized spacial score (nSPS) is 10.3. The van der Waals surface area contributed by atoms with E-state index in [1.807, 2.05) is 13.1 Å². The van der Waals surface area contributed by atoms with E-state index >= 15 is 0 Å². The summed E-state index contributed by atoms with van der Waals surface area (Å²) in [6.45, 7) is 2.78. The number of carboxylic acid groups (broad SMARTS) is 1. The highest BCUT2D eigenvalue weighted by Gasteiger charge is 2.07. The molecule has 0 saturated carbocycles. The second-order valence-corrected chi connectivity index (χ2v) is 4.73. The minimum absolute atomic E-state index is 0.0808. The van der Waals surface area contributed by atoms with Crippen LogP contribution < -0.4 is 4.90 Å². The van der Waals surface area contributed by atoms with Crippen molar-refractivity contribution in [2.45, 2.75) is 19.9 Å². The van der Waals surface area contributed by atoms with E-state index in [0.29, 0.717) is 6.54 Å². The van der Waals surface area contributed by atoms with Crippen molar-refractivity contribution in [1.29, 1.82) is 0 Å². The SMILES string of the molecule is CCc1ccc(N(C)Cc2ccnc(C(=O)O)c2)cc1. The first-order valence-electron chi connectivity index (χ1n) is 6.58. The van der Waals surface area contributed by atoms with Crippen LogP contribution in [-0.4, -0.2) is 23.1 Å². The first-order chi connectivity index (χ1) is 9.60. The van der Waals surface area contributed by atoms with Gasteiger partial charge in [-0.05, 0) is 41.8 Å². The van der Waals surface area contributed by atoms with E-state index in [0.717, 1.165) is 17.7 Å². The van der Waals surface area contributed by atoms with Crippen LogP contribution in [0.1, 0.15) is 28.5 Å². The molecule has 1 N–H and O–H groups in total. The van der Waals surface area contributed by atoms with Gasteiger partial charge >= 0.3 is 5.97 Å². The van der Waals surface area contributed by atoms with Crippen molar-refractivity contribution in [2.75, 3.05) is 11.9 Å². The lowest BCUT2D eigenvalue weighted by Gasteiger charge is -2.19. The van der Waals surface area contributed by atoms with E-state index in [1.165, 1.54) is 11.8 Å². The van der Waals surface area contributed by atoms with E-state index in [2.05, 4.69) is 41.1 Å². The smallest absolute Gasteiger partial charge is 0.354 e. The number of aryl methyl sites for hydroxylation is 1. The number of anilines is 1. The molecule has 4 heteroatoms. The first-order valence-corrected chi connectivity index (χ1v) is 6.58. The molecule has 1 aromatic carbocycles. The van der Waals surface area contributed by atoms with Gasteiger partial charge in [0.05, 0.1) is 0 Å². The number of hydrogen-bond acceptors (Lipinski definition) is 3. The van der Waals surface area contributed by atoms with Crippen LogP contribution in [0, 0.1) is 0 Å². The molecule has 1 heterocycles. The van der Waals surface area contributed by atoms with Crippen molar-refractivity contribution in [3.05, 3.63) is 59.4 Å². The van der Waals surface area contributed by atoms with Crippen LogP contribution in [0.15, 0.2) is 42.6 Å². The molecule has 2 aromatic rings. The fourth-order valence-electron chi connectivity index (χ4n) is 2.04. The van der Waals surface area contributed by atoms with Gasteiger partial charge in [0.15, 0.2) is 0 Å². The molecule has 2 rings (SSSR count). The lowest BCUT2D eigenvalue weighted by molar-refractivity contribution is 0.0690. The molecule has 0 atom stereocenters. The Morgan fingerprint density at radius 3 is 2.50 bits per heavy atom. The standard InChI is InChI=1S/C16H18N2O2/c1-3-12-4-6-14(7-5-12)18(2)11-13-8-9-17-15(10-13)16(19)20/h4-10H,3,11H2,1-2H3,(H,19,20). The average molecular weight is 270 g/mol. The minimum atomic E-state index is -0.998. The highest BCUT2D eigenvalue weighted by Crippen LogP contribution is 2.17. The van der Waals surface area contributed by atoms with Crippen LogP contribution in [-0.2, 0) is 13.0 Å². The van der Waals surface area contributed by atoms with Gasteiger partial charge in [-0.25, -0.2) is 9.78 Å². The number of hydrogen-bond donors (Lipinski definition) is 1. The Bertz CT molecular complexity index is 594. The maximum Gasteiger partial charge on any atom is 0.354 e. The number of aromatic carboxylic acids is 1. The van der Waals surface area contributed by atoms with Crippen molar-refractivity contribution in [3.8, 4) is 0 Å². The van der Waals surface area contributed by atoms with Crippen LogP contribution in [0.3, 0.4) is 0 Å². The van der Waals surface area contributed by atoms with Crippen molar-refractivity contribution in [1.82, 2.24) is 4.98 Å². The Morgan fingerprint density at radius 2 is 1.90 bits per heavy atom. The molecule has 4 nitrogen and oxygen atoms in total. The number of pyridine rings is 1. The summed E-state index contributed by atoms with van der Waals surface area (Å²) >= 11 is 0. The first kappa shape index (κ1) is 14.1. The number of carbonyl (C=O) groups is 1. The molecular formula is C16H18N2O2. The molecule has 0 amide bonds. The lowest BCUT2D eigenvalue weighted by Crippen LogP contribution is -2.16. The zero-order chi connectivity index (χ0) is 14.5. The maximum absolute atomic E-state index is 10.9. The monoisotopic (exact) mass is 270 g/mol. The molecule has 0 spiro atoms. The number of carboxylic acids is 1. The van der Waals surface area contributed by atoms with Crippen LogP contribution in [0.25, 0.3) is 0 Å². The number of aromatic nitrogens is 1. The third kappa shape index (κ3) is 3.35. The predicted octanol–water partition coefficient (Wildman–Crippen LogP) is 2.98. The molecule has 0 bridgehead atoms. The predicted molar refractivity (Wildman–Crippen MR) is 79.1 cm³/mol. The Morgan fingerprint density at radius 1 is 1.20 bits per heavy atom. The second kappa shape index (κ2) is 6.19. The summed E-state index contributed by atoms with van der Waals surface area (Å²) in [6.07, 6.45) is 2.56. The third-order valence-corrected chi connectivity index (χ3v) is 3.25. The molecule has 0 saturated heterocycles. The fourth-order valence-corrected chi connectivity index (χ4v) is 2.04. The van der Waals surface area contributed by atoms with Gasteiger partial charge in [0.1, 0.15) is 5.69 Å². The van der Waals surface area contributed by atoms with Crippen LogP contribution in [0.2, 0.25) is 0 Å². The van der Waals surface area contributed by atoms with Gasteiger partial charge < -0.3 is 10.0 Å². The molecule has 0 unspecified atom stereocenters. The van der Waals surface area contributed by atoms with Crippen molar-refractivity contribution in [3.63, 3.8) is 0 Å². The second-order valence-electron chi connectivity index (χ2n) is 4.73. The maximum atomic E-state index is 10.9. The summed E-state index contributed by atoms with van der Waals surface area (Å²) in [5, 5.41) is 8.94. The number of rotatable bonds is 5. The summed E-state index contributed by atoms with van der Waals surface area (Å²) in [7, 11) is 1.99. The Labute approximate surface area is 118 Å². The molecular weight excluding hydrogens is 252 g/mol. The zero-order valence-corrected chi connectivity index (χ0v) is 11.7. The van der Waals surface area contributed by atoms with E-state index in [-0.39, 0.29) is 5.69 Å². The Kier molecular flexibility index (Phi) is 4.35. The van der Waals surface area contributed by atoms with Gasteiger partial charge in [-0.15, -0.1) is 0 Å². The molecule has 0 aliphatic heterocycles. The molecule has 20 heavy (non-hydrogen) atoms. The summed E-state index contributed by atoms with van der Waals surface area (Å²) in [5.74, 6) is -0.998. The van der Waals surface area contributed by atoms with Gasteiger partial charge in [0.2, 0.25) is 0 Å². The topological polar surface area (TPSA) is 53.4 Å². The van der Waals surface area contributed by atoms with Crippen LogP contribution >= 0.6 is 0 Å². The average Bonchev–Trinajstić information content (AvgIpc) is 2.47. The molecule has 104 valence electrons. The summed E-state index contributed by atoms with van der Waals surface area (Å²) in [4.78, 5) is 16.8. The van der Waals surface area contributed by atoms with E-state index in [1.54, 1.807) is 6.07 Å². The van der Waals surface area contributed by atoms with E-state index in [4.69, 9.17) is 5.11 Å². The number of nitrogens with zero attached hydrogens (tertiary/aromatic N) is 2. The molecule has 1 aromatic heterocycles. The minimum Gasteiger partial charge on any atom is -0.477 e. The zero-order valence-electron chi connectivity index (χ0n) is 11.7. The highest BCUT2D eigenvalue weighted by molar-refractivity contribution is 5.85. The van der Waals surface area contributed by atoms with Gasteiger partial charge in [-0.1, -0.05) is 19.1 Å². The lowest BCUT2D eigenvalue weighted by atomic mass is 10.1. The fraction of sp³-hybridized carbons (Fsp3) is 0.250. The van der Waals surface area contributed by atoms with Gasteiger partial charge in [-0.3, -0.25) is 0 Å². The number of benzene rings is 1. The third-order valence-electron chi connectivity index (χ3n) is 3.25. The van der Waals surface area contributed by atoms with Crippen molar-refractivity contribution < 1.29 is 9.90 Å². The van der Waals surface area contributed by atoms with E-state index in [9.17, 15) is 4.79 Å². The van der Waals surface area contributed by atoms with Crippen molar-refractivity contribution in [2.24, 2.45) is 0 Å². The quantitative estimate of drug-likeness (QED) is 0.907. The Balaban J connectivity index is 2.12. The summed E-state index contributed by atoms with van der Waals surface area (Å²) < 4.78 is 0. The van der Waals surface area contributed by atoms with Crippen LogP contribution in [0.4, 0.5) is 5.69 Å². The van der Waals surface area contributed by atoms with Crippen LogP contribution in [0.5, 0.6) is 0 Å². The van der Waals surface area contributed by atoms with Gasteiger partial charge in [-0.2, -0.15) is 0 Å². The summed E-state index contributed by atoms with van der Waals surface area (Å²) in [5.41, 5.74) is 3.42. The highest BCUT2D eigenvalue weighted by atomic mass is 16.4. The van der Waals surface area contributed by atoms with E-state index < -0.39 is 5.97 Å². The molecule has 0 fully saturated rings. The molecule has 0 aliphatic carbocycles. The summed E-state index contributed by atoms with van der Waals surface area (Å²) in [6, 6.07) is 11.8. The van der Waals surface area contributed by atoms with Gasteiger partial charge in [0.25, 0.3) is 0 Å². The molecule has 0 aliphatic rings.